The lowest BCUT2D eigenvalue weighted by molar-refractivity contribution is -0.137. The SMILES string of the molecule is CCNc1ncc(C(=O)Nc2ccc(C(F)(F)F)cc2)c(Cl)c1C(C)=N. The number of aromatic nitrogens is 1. The maximum absolute atomic E-state index is 12.6. The van der Waals surface area contributed by atoms with Crippen LogP contribution in [-0.4, -0.2) is 23.1 Å². The Hall–Kier alpha value is -2.61. The molecule has 0 bridgehead atoms. The van der Waals surface area contributed by atoms with Crippen LogP contribution in [0.25, 0.3) is 0 Å². The van der Waals surface area contributed by atoms with E-state index in [1.54, 1.807) is 0 Å². The van der Waals surface area contributed by atoms with Gasteiger partial charge in [0, 0.05) is 24.1 Å². The molecule has 0 fully saturated rings. The third-order valence-electron chi connectivity index (χ3n) is 3.45. The highest BCUT2D eigenvalue weighted by atomic mass is 35.5. The van der Waals surface area contributed by atoms with E-state index in [-0.39, 0.29) is 22.0 Å². The molecule has 0 atom stereocenters. The molecule has 1 aromatic carbocycles. The van der Waals surface area contributed by atoms with Crippen molar-refractivity contribution in [1.29, 1.82) is 5.41 Å². The van der Waals surface area contributed by atoms with Crippen molar-refractivity contribution >= 4 is 34.7 Å². The zero-order valence-corrected chi connectivity index (χ0v) is 14.7. The first-order valence-electron chi connectivity index (χ1n) is 7.61. The van der Waals surface area contributed by atoms with Crippen molar-refractivity contribution in [2.45, 2.75) is 20.0 Å². The molecule has 5 nitrogen and oxygen atoms in total. The van der Waals surface area contributed by atoms with E-state index in [2.05, 4.69) is 15.6 Å². The molecule has 0 aliphatic heterocycles. The van der Waals surface area contributed by atoms with Crippen LogP contribution in [0.15, 0.2) is 30.5 Å². The summed E-state index contributed by atoms with van der Waals surface area (Å²) in [5.74, 6) is -0.246. The second kappa shape index (κ2) is 7.74. The van der Waals surface area contributed by atoms with Crippen molar-refractivity contribution in [2.75, 3.05) is 17.2 Å². The van der Waals surface area contributed by atoms with E-state index in [9.17, 15) is 18.0 Å². The minimum absolute atomic E-state index is 0.0230. The van der Waals surface area contributed by atoms with Gasteiger partial charge in [-0.2, -0.15) is 13.2 Å². The molecule has 3 N–H and O–H groups in total. The van der Waals surface area contributed by atoms with Crippen molar-refractivity contribution in [2.24, 2.45) is 0 Å². The lowest BCUT2D eigenvalue weighted by Crippen LogP contribution is -2.16. The molecule has 0 saturated heterocycles. The number of carbonyl (C=O) groups is 1. The van der Waals surface area contributed by atoms with Gasteiger partial charge in [-0.15, -0.1) is 0 Å². The first kappa shape index (κ1) is 19.7. The molecule has 2 aromatic rings. The smallest absolute Gasteiger partial charge is 0.370 e. The summed E-state index contributed by atoms with van der Waals surface area (Å²) in [4.78, 5) is 16.5. The number of halogens is 4. The van der Waals surface area contributed by atoms with E-state index in [1.165, 1.54) is 13.1 Å². The number of carbonyl (C=O) groups excluding carboxylic acids is 1. The highest BCUT2D eigenvalue weighted by Crippen LogP contribution is 2.30. The van der Waals surface area contributed by atoms with Crippen LogP contribution in [-0.2, 0) is 6.18 Å². The number of nitrogens with zero attached hydrogens (tertiary/aromatic N) is 1. The maximum Gasteiger partial charge on any atom is 0.416 e. The molecule has 0 unspecified atom stereocenters. The maximum atomic E-state index is 12.6. The Labute approximate surface area is 153 Å². The van der Waals surface area contributed by atoms with E-state index >= 15 is 0 Å². The number of hydrogen-bond donors (Lipinski definition) is 3. The fraction of sp³-hybridized carbons (Fsp3) is 0.235. The molecule has 0 aliphatic carbocycles. The summed E-state index contributed by atoms with van der Waals surface area (Å²) in [6.07, 6.45) is -3.19. The van der Waals surface area contributed by atoms with Crippen LogP contribution in [0.4, 0.5) is 24.7 Å². The number of amides is 1. The third kappa shape index (κ3) is 4.32. The standard InChI is InChI=1S/C17H16ClF3N4O/c1-3-23-15-13(9(2)22)14(18)12(8-24-15)16(26)25-11-6-4-10(5-7-11)17(19,20)21/h4-8,22H,3H2,1-2H3,(H,23,24)(H,25,26). The predicted molar refractivity (Wildman–Crippen MR) is 95.3 cm³/mol. The van der Waals surface area contributed by atoms with Crippen molar-refractivity contribution < 1.29 is 18.0 Å². The zero-order chi connectivity index (χ0) is 19.5. The fourth-order valence-corrected chi connectivity index (χ4v) is 2.60. The lowest BCUT2D eigenvalue weighted by atomic mass is 10.1. The second-order valence-electron chi connectivity index (χ2n) is 5.39. The normalized spacial score (nSPS) is 11.2. The Morgan fingerprint density at radius 1 is 1.27 bits per heavy atom. The van der Waals surface area contributed by atoms with Crippen LogP contribution in [0.5, 0.6) is 0 Å². The van der Waals surface area contributed by atoms with E-state index in [0.717, 1.165) is 24.3 Å². The molecule has 0 aliphatic rings. The molecule has 1 heterocycles. The summed E-state index contributed by atoms with van der Waals surface area (Å²) in [6.45, 7) is 3.92. The number of anilines is 2. The van der Waals surface area contributed by atoms with E-state index in [0.29, 0.717) is 17.9 Å². The second-order valence-corrected chi connectivity index (χ2v) is 5.77. The number of hydrogen-bond acceptors (Lipinski definition) is 4. The molecule has 1 aromatic heterocycles. The zero-order valence-electron chi connectivity index (χ0n) is 14.0. The van der Waals surface area contributed by atoms with Gasteiger partial charge in [0.1, 0.15) is 5.82 Å². The molecule has 0 radical (unpaired) electrons. The molecule has 0 spiro atoms. The third-order valence-corrected chi connectivity index (χ3v) is 3.84. The van der Waals surface area contributed by atoms with Gasteiger partial charge in [-0.3, -0.25) is 4.79 Å². The van der Waals surface area contributed by atoms with Gasteiger partial charge < -0.3 is 16.0 Å². The largest absolute Gasteiger partial charge is 0.416 e. The van der Waals surface area contributed by atoms with Crippen LogP contribution in [0.3, 0.4) is 0 Å². The summed E-state index contributed by atoms with van der Waals surface area (Å²) < 4.78 is 37.7. The summed E-state index contributed by atoms with van der Waals surface area (Å²) in [7, 11) is 0. The van der Waals surface area contributed by atoms with E-state index in [1.807, 2.05) is 6.92 Å². The minimum Gasteiger partial charge on any atom is -0.370 e. The first-order chi connectivity index (χ1) is 12.1. The summed E-state index contributed by atoms with van der Waals surface area (Å²) in [5, 5.41) is 13.3. The average Bonchev–Trinajstić information content (AvgIpc) is 2.54. The number of nitrogens with one attached hydrogen (secondary N) is 3. The number of pyridine rings is 1. The van der Waals surface area contributed by atoms with Gasteiger partial charge in [-0.05, 0) is 38.1 Å². The van der Waals surface area contributed by atoms with Crippen molar-refractivity contribution in [3.63, 3.8) is 0 Å². The number of benzene rings is 1. The predicted octanol–water partition coefficient (Wildman–Crippen LogP) is 4.83. The van der Waals surface area contributed by atoms with Crippen molar-refractivity contribution in [3.05, 3.63) is 52.2 Å². The fourth-order valence-electron chi connectivity index (χ4n) is 2.23. The molecule has 0 saturated carbocycles. The molecule has 2 rings (SSSR count). The molecule has 9 heteroatoms. The Morgan fingerprint density at radius 2 is 1.88 bits per heavy atom. The molecular formula is C17H16ClF3N4O. The van der Waals surface area contributed by atoms with Crippen LogP contribution in [0.2, 0.25) is 5.02 Å². The molecule has 1 amide bonds. The number of rotatable bonds is 5. The molecular weight excluding hydrogens is 369 g/mol. The van der Waals surface area contributed by atoms with Crippen molar-refractivity contribution in [1.82, 2.24) is 4.98 Å². The Kier molecular flexibility index (Phi) is 5.86. The monoisotopic (exact) mass is 384 g/mol. The van der Waals surface area contributed by atoms with Gasteiger partial charge in [0.25, 0.3) is 5.91 Å². The molecule has 26 heavy (non-hydrogen) atoms. The van der Waals surface area contributed by atoms with Gasteiger partial charge in [-0.1, -0.05) is 11.6 Å². The topological polar surface area (TPSA) is 77.9 Å². The van der Waals surface area contributed by atoms with Gasteiger partial charge in [0.15, 0.2) is 0 Å². The van der Waals surface area contributed by atoms with Gasteiger partial charge in [0.05, 0.1) is 21.7 Å². The van der Waals surface area contributed by atoms with Crippen LogP contribution in [0, 0.1) is 5.41 Å². The van der Waals surface area contributed by atoms with Gasteiger partial charge >= 0.3 is 6.18 Å². The number of alkyl halides is 3. The van der Waals surface area contributed by atoms with E-state index < -0.39 is 17.6 Å². The highest BCUT2D eigenvalue weighted by molar-refractivity contribution is 6.38. The quantitative estimate of drug-likeness (QED) is 0.646. The van der Waals surface area contributed by atoms with Crippen molar-refractivity contribution in [3.8, 4) is 0 Å². The Morgan fingerprint density at radius 3 is 2.38 bits per heavy atom. The summed E-state index contributed by atoms with van der Waals surface area (Å²) in [6, 6.07) is 4.05. The first-order valence-corrected chi connectivity index (χ1v) is 7.99. The van der Waals surface area contributed by atoms with Gasteiger partial charge in [-0.25, -0.2) is 4.98 Å². The minimum atomic E-state index is -4.45. The van der Waals surface area contributed by atoms with Crippen LogP contribution >= 0.6 is 11.6 Å². The lowest BCUT2D eigenvalue weighted by Gasteiger charge is -2.14. The van der Waals surface area contributed by atoms with Crippen LogP contribution < -0.4 is 10.6 Å². The summed E-state index contributed by atoms with van der Waals surface area (Å²) >= 11 is 6.26. The van der Waals surface area contributed by atoms with E-state index in [4.69, 9.17) is 17.0 Å². The highest BCUT2D eigenvalue weighted by Gasteiger charge is 2.30. The Balaban J connectivity index is 2.30. The molecule has 138 valence electrons. The van der Waals surface area contributed by atoms with Crippen LogP contribution in [0.1, 0.15) is 35.3 Å². The summed E-state index contributed by atoms with van der Waals surface area (Å²) in [5.41, 5.74) is -0.180. The Bertz CT molecular complexity index is 835. The average molecular weight is 385 g/mol. The van der Waals surface area contributed by atoms with Gasteiger partial charge in [0.2, 0.25) is 0 Å².